The van der Waals surface area contributed by atoms with Crippen LogP contribution in [0.2, 0.25) is 0 Å². The van der Waals surface area contributed by atoms with Gasteiger partial charge in [-0.1, -0.05) is 26.0 Å². The molecule has 0 amide bonds. The Hall–Kier alpha value is -0.790. The Bertz CT molecular complexity index is 244. The minimum absolute atomic E-state index is 0.0576. The SMILES string of the molecule is CCC(=O)OC1C2C=CC(C2)C1C. The fourth-order valence-electron chi connectivity index (χ4n) is 2.45. The highest BCUT2D eigenvalue weighted by molar-refractivity contribution is 5.69. The number of carbonyl (C=O) groups excluding carboxylic acids is 1. The molecule has 0 aromatic heterocycles. The minimum Gasteiger partial charge on any atom is -0.461 e. The lowest BCUT2D eigenvalue weighted by Crippen LogP contribution is -2.28. The van der Waals surface area contributed by atoms with Gasteiger partial charge in [-0.2, -0.15) is 0 Å². The second-order valence-corrected chi connectivity index (χ2v) is 4.12. The zero-order valence-corrected chi connectivity index (χ0v) is 8.19. The molecule has 1 fully saturated rings. The highest BCUT2D eigenvalue weighted by Crippen LogP contribution is 2.44. The van der Waals surface area contributed by atoms with E-state index in [0.717, 1.165) is 0 Å². The topological polar surface area (TPSA) is 26.3 Å². The average molecular weight is 180 g/mol. The van der Waals surface area contributed by atoms with Gasteiger partial charge in [-0.25, -0.2) is 0 Å². The smallest absolute Gasteiger partial charge is 0.305 e. The Morgan fingerprint density at radius 3 is 2.69 bits per heavy atom. The maximum atomic E-state index is 11.1. The van der Waals surface area contributed by atoms with Gasteiger partial charge in [0, 0.05) is 12.3 Å². The normalized spacial score (nSPS) is 41.1. The monoisotopic (exact) mass is 180 g/mol. The molecule has 2 nitrogen and oxygen atoms in total. The van der Waals surface area contributed by atoms with Crippen molar-refractivity contribution >= 4 is 5.97 Å². The molecular formula is C11H16O2. The summed E-state index contributed by atoms with van der Waals surface area (Å²) in [6, 6.07) is 0. The van der Waals surface area contributed by atoms with Crippen molar-refractivity contribution in [1.82, 2.24) is 0 Å². The second kappa shape index (κ2) is 3.17. The molecule has 4 atom stereocenters. The fraction of sp³-hybridized carbons (Fsp3) is 0.727. The van der Waals surface area contributed by atoms with E-state index in [1.54, 1.807) is 0 Å². The standard InChI is InChI=1S/C11H16O2/c1-3-10(12)13-11-7(2)8-4-5-9(11)6-8/h4-5,7-9,11H,3,6H2,1-2H3. The zero-order valence-electron chi connectivity index (χ0n) is 8.19. The van der Waals surface area contributed by atoms with Crippen molar-refractivity contribution in [2.45, 2.75) is 32.8 Å². The lowest BCUT2D eigenvalue weighted by Gasteiger charge is -2.24. The number of allylic oxidation sites excluding steroid dienone is 1. The molecule has 0 aliphatic heterocycles. The second-order valence-electron chi connectivity index (χ2n) is 4.12. The Morgan fingerprint density at radius 1 is 1.46 bits per heavy atom. The molecule has 0 aromatic carbocycles. The van der Waals surface area contributed by atoms with Crippen LogP contribution in [-0.4, -0.2) is 12.1 Å². The van der Waals surface area contributed by atoms with E-state index in [9.17, 15) is 4.79 Å². The number of esters is 1. The van der Waals surface area contributed by atoms with E-state index >= 15 is 0 Å². The van der Waals surface area contributed by atoms with Crippen LogP contribution in [0.3, 0.4) is 0 Å². The van der Waals surface area contributed by atoms with Crippen LogP contribution in [0.25, 0.3) is 0 Å². The molecule has 2 heteroatoms. The van der Waals surface area contributed by atoms with E-state index in [4.69, 9.17) is 4.74 Å². The van der Waals surface area contributed by atoms with Crippen molar-refractivity contribution in [3.05, 3.63) is 12.2 Å². The number of hydrogen-bond acceptors (Lipinski definition) is 2. The van der Waals surface area contributed by atoms with Crippen molar-refractivity contribution < 1.29 is 9.53 Å². The molecule has 72 valence electrons. The van der Waals surface area contributed by atoms with Crippen LogP contribution in [0.5, 0.6) is 0 Å². The van der Waals surface area contributed by atoms with E-state index in [-0.39, 0.29) is 12.1 Å². The summed E-state index contributed by atoms with van der Waals surface area (Å²) < 4.78 is 5.42. The minimum atomic E-state index is -0.0576. The molecular weight excluding hydrogens is 164 g/mol. The lowest BCUT2D eigenvalue weighted by molar-refractivity contribution is -0.152. The van der Waals surface area contributed by atoms with Crippen molar-refractivity contribution in [2.75, 3.05) is 0 Å². The first kappa shape index (κ1) is 8.79. The van der Waals surface area contributed by atoms with Crippen LogP contribution >= 0.6 is 0 Å². The Kier molecular flexibility index (Phi) is 2.14. The summed E-state index contributed by atoms with van der Waals surface area (Å²) in [5, 5.41) is 0. The van der Waals surface area contributed by atoms with Crippen molar-refractivity contribution in [3.8, 4) is 0 Å². The highest BCUT2D eigenvalue weighted by Gasteiger charge is 2.43. The van der Waals surface area contributed by atoms with Crippen LogP contribution in [0, 0.1) is 17.8 Å². The van der Waals surface area contributed by atoms with Gasteiger partial charge in [0.2, 0.25) is 0 Å². The third-order valence-corrected chi connectivity index (χ3v) is 3.32. The Morgan fingerprint density at radius 2 is 2.15 bits per heavy atom. The molecule has 2 aliphatic carbocycles. The molecule has 0 aromatic rings. The Balaban J connectivity index is 2.01. The summed E-state index contributed by atoms with van der Waals surface area (Å²) in [4.78, 5) is 11.1. The number of rotatable bonds is 2. The number of ether oxygens (including phenoxy) is 1. The van der Waals surface area contributed by atoms with Gasteiger partial charge in [-0.05, 0) is 18.3 Å². The quantitative estimate of drug-likeness (QED) is 0.481. The number of hydrogen-bond donors (Lipinski definition) is 0. The third-order valence-electron chi connectivity index (χ3n) is 3.32. The maximum absolute atomic E-state index is 11.1. The van der Waals surface area contributed by atoms with Crippen LogP contribution < -0.4 is 0 Å². The molecule has 2 rings (SSSR count). The summed E-state index contributed by atoms with van der Waals surface area (Å²) >= 11 is 0. The average Bonchev–Trinajstić information content (AvgIpc) is 2.69. The highest BCUT2D eigenvalue weighted by atomic mass is 16.5. The predicted molar refractivity (Wildman–Crippen MR) is 50.1 cm³/mol. The van der Waals surface area contributed by atoms with Gasteiger partial charge in [-0.3, -0.25) is 4.79 Å². The van der Waals surface area contributed by atoms with Gasteiger partial charge in [-0.15, -0.1) is 0 Å². The summed E-state index contributed by atoms with van der Waals surface area (Å²) in [7, 11) is 0. The van der Waals surface area contributed by atoms with E-state index in [1.165, 1.54) is 6.42 Å². The first-order valence-electron chi connectivity index (χ1n) is 5.10. The number of fused-ring (bicyclic) bond motifs is 2. The first-order chi connectivity index (χ1) is 6.22. The van der Waals surface area contributed by atoms with Crippen LogP contribution in [0.15, 0.2) is 12.2 Å². The van der Waals surface area contributed by atoms with Crippen LogP contribution in [-0.2, 0) is 9.53 Å². The molecule has 0 heterocycles. The van der Waals surface area contributed by atoms with Crippen molar-refractivity contribution in [3.63, 3.8) is 0 Å². The van der Waals surface area contributed by atoms with Gasteiger partial charge >= 0.3 is 5.97 Å². The molecule has 4 unspecified atom stereocenters. The summed E-state index contributed by atoms with van der Waals surface area (Å²) in [6.45, 7) is 4.03. The molecule has 0 saturated heterocycles. The molecule has 0 radical (unpaired) electrons. The summed E-state index contributed by atoms with van der Waals surface area (Å²) in [5.41, 5.74) is 0. The van der Waals surface area contributed by atoms with E-state index in [0.29, 0.717) is 24.2 Å². The van der Waals surface area contributed by atoms with E-state index in [2.05, 4.69) is 19.1 Å². The van der Waals surface area contributed by atoms with Crippen molar-refractivity contribution in [1.29, 1.82) is 0 Å². The maximum Gasteiger partial charge on any atom is 0.305 e. The third kappa shape index (κ3) is 1.38. The van der Waals surface area contributed by atoms with Crippen LogP contribution in [0.1, 0.15) is 26.7 Å². The predicted octanol–water partition coefficient (Wildman–Crippen LogP) is 2.15. The molecule has 0 spiro atoms. The Labute approximate surface area is 79.0 Å². The fourth-order valence-corrected chi connectivity index (χ4v) is 2.45. The van der Waals surface area contributed by atoms with Gasteiger partial charge < -0.3 is 4.74 Å². The van der Waals surface area contributed by atoms with Crippen LogP contribution in [0.4, 0.5) is 0 Å². The largest absolute Gasteiger partial charge is 0.461 e. The summed E-state index contributed by atoms with van der Waals surface area (Å²) in [6.07, 6.45) is 6.30. The molecule has 2 aliphatic rings. The van der Waals surface area contributed by atoms with Crippen molar-refractivity contribution in [2.24, 2.45) is 17.8 Å². The van der Waals surface area contributed by atoms with E-state index in [1.807, 2.05) is 6.92 Å². The van der Waals surface area contributed by atoms with Gasteiger partial charge in [0.1, 0.15) is 6.10 Å². The van der Waals surface area contributed by atoms with Gasteiger partial charge in [0.25, 0.3) is 0 Å². The molecule has 0 N–H and O–H groups in total. The van der Waals surface area contributed by atoms with Gasteiger partial charge in [0.05, 0.1) is 0 Å². The lowest BCUT2D eigenvalue weighted by atomic mass is 9.93. The first-order valence-corrected chi connectivity index (χ1v) is 5.10. The molecule has 2 bridgehead atoms. The van der Waals surface area contributed by atoms with E-state index < -0.39 is 0 Å². The number of carbonyl (C=O) groups is 1. The molecule has 13 heavy (non-hydrogen) atoms. The zero-order chi connectivity index (χ0) is 9.42. The van der Waals surface area contributed by atoms with Gasteiger partial charge in [0.15, 0.2) is 0 Å². The summed E-state index contributed by atoms with van der Waals surface area (Å²) in [5.74, 6) is 1.61. The molecule has 1 saturated carbocycles.